The molecule has 0 radical (unpaired) electrons. The lowest BCUT2D eigenvalue weighted by molar-refractivity contribution is 0.641. The van der Waals surface area contributed by atoms with E-state index in [2.05, 4.69) is 82.9 Å². The minimum atomic E-state index is 0.257. The summed E-state index contributed by atoms with van der Waals surface area (Å²) in [7, 11) is 0. The fraction of sp³-hybridized carbons (Fsp3) is 0.222. The Morgan fingerprint density at radius 3 is 2.52 bits per heavy atom. The maximum atomic E-state index is 3.66. The van der Waals surface area contributed by atoms with E-state index in [1.54, 1.807) is 0 Å². The molecule has 0 saturated carbocycles. The zero-order chi connectivity index (χ0) is 14.8. The highest BCUT2D eigenvalue weighted by molar-refractivity contribution is 9.10. The van der Waals surface area contributed by atoms with Crippen molar-refractivity contribution < 1.29 is 0 Å². The average molecular weight is 360 g/mol. The van der Waals surface area contributed by atoms with Gasteiger partial charge in [0.05, 0.1) is 6.04 Å². The summed E-state index contributed by atoms with van der Waals surface area (Å²) in [6.07, 6.45) is 0. The molecule has 108 valence electrons. The lowest BCUT2D eigenvalue weighted by Gasteiger charge is -2.20. The second-order valence-electron chi connectivity index (χ2n) is 5.14. The maximum absolute atomic E-state index is 3.66. The van der Waals surface area contributed by atoms with Gasteiger partial charge in [-0.15, -0.1) is 11.3 Å². The van der Waals surface area contributed by atoms with Crippen LogP contribution in [0, 0.1) is 6.92 Å². The average Bonchev–Trinajstić information content (AvgIpc) is 2.92. The molecule has 1 N–H and O–H groups in total. The molecule has 3 rings (SSSR count). The number of fused-ring (bicyclic) bond motifs is 1. The second kappa shape index (κ2) is 6.30. The van der Waals surface area contributed by atoms with Gasteiger partial charge in [-0.05, 0) is 52.9 Å². The van der Waals surface area contributed by atoms with Crippen molar-refractivity contribution in [2.75, 3.05) is 6.54 Å². The first kappa shape index (κ1) is 14.8. The van der Waals surface area contributed by atoms with E-state index in [-0.39, 0.29) is 6.04 Å². The van der Waals surface area contributed by atoms with Crippen molar-refractivity contribution in [3.05, 3.63) is 68.3 Å². The van der Waals surface area contributed by atoms with Crippen LogP contribution in [0.25, 0.3) is 10.8 Å². The molecule has 3 aromatic rings. The summed E-state index contributed by atoms with van der Waals surface area (Å²) in [5, 5.41) is 8.41. The molecule has 1 aromatic heterocycles. The van der Waals surface area contributed by atoms with Crippen molar-refractivity contribution in [1.29, 1.82) is 0 Å². The Kier molecular flexibility index (Phi) is 4.43. The molecule has 0 fully saturated rings. The fourth-order valence-electron chi connectivity index (χ4n) is 2.77. The van der Waals surface area contributed by atoms with Gasteiger partial charge in [-0.2, -0.15) is 0 Å². The third kappa shape index (κ3) is 2.78. The summed E-state index contributed by atoms with van der Waals surface area (Å²) in [5.74, 6) is 0. The summed E-state index contributed by atoms with van der Waals surface area (Å²) in [5.41, 5.74) is 2.71. The molecule has 1 unspecified atom stereocenters. The SMILES string of the molecule is CCNC(c1sccc1C)c1ccc(Br)c2ccccc12. The molecule has 0 aliphatic rings. The third-order valence-electron chi connectivity index (χ3n) is 3.79. The molecule has 21 heavy (non-hydrogen) atoms. The predicted octanol–water partition coefficient (Wildman–Crippen LogP) is 5.67. The van der Waals surface area contributed by atoms with Gasteiger partial charge in [0.1, 0.15) is 0 Å². The number of hydrogen-bond donors (Lipinski definition) is 1. The Morgan fingerprint density at radius 1 is 1.10 bits per heavy atom. The van der Waals surface area contributed by atoms with Crippen molar-refractivity contribution in [3.8, 4) is 0 Å². The first-order chi connectivity index (χ1) is 10.2. The summed E-state index contributed by atoms with van der Waals surface area (Å²) in [4.78, 5) is 1.41. The van der Waals surface area contributed by atoms with Crippen LogP contribution in [0.2, 0.25) is 0 Å². The number of nitrogens with one attached hydrogen (secondary N) is 1. The van der Waals surface area contributed by atoms with E-state index in [1.165, 1.54) is 26.8 Å². The molecular weight excluding hydrogens is 342 g/mol. The Morgan fingerprint density at radius 2 is 1.86 bits per heavy atom. The highest BCUT2D eigenvalue weighted by Gasteiger charge is 2.19. The number of rotatable bonds is 4. The number of benzene rings is 2. The van der Waals surface area contributed by atoms with Gasteiger partial charge in [0.2, 0.25) is 0 Å². The minimum absolute atomic E-state index is 0.257. The first-order valence-electron chi connectivity index (χ1n) is 7.17. The van der Waals surface area contributed by atoms with Gasteiger partial charge >= 0.3 is 0 Å². The maximum Gasteiger partial charge on any atom is 0.0679 e. The van der Waals surface area contributed by atoms with Gasteiger partial charge in [-0.1, -0.05) is 53.2 Å². The van der Waals surface area contributed by atoms with Crippen LogP contribution in [0.4, 0.5) is 0 Å². The highest BCUT2D eigenvalue weighted by atomic mass is 79.9. The van der Waals surface area contributed by atoms with Crippen LogP contribution >= 0.6 is 27.3 Å². The quantitative estimate of drug-likeness (QED) is 0.632. The van der Waals surface area contributed by atoms with Gasteiger partial charge < -0.3 is 5.32 Å². The van der Waals surface area contributed by atoms with Crippen molar-refractivity contribution in [3.63, 3.8) is 0 Å². The molecule has 0 amide bonds. The van der Waals surface area contributed by atoms with Gasteiger partial charge in [0, 0.05) is 9.35 Å². The Balaban J connectivity index is 2.21. The molecule has 1 nitrogen and oxygen atoms in total. The monoisotopic (exact) mass is 359 g/mol. The normalized spacial score (nSPS) is 12.7. The minimum Gasteiger partial charge on any atom is -0.306 e. The molecule has 3 heteroatoms. The van der Waals surface area contributed by atoms with Gasteiger partial charge in [0.25, 0.3) is 0 Å². The molecule has 2 aromatic carbocycles. The zero-order valence-corrected chi connectivity index (χ0v) is 14.6. The van der Waals surface area contributed by atoms with E-state index in [0.717, 1.165) is 11.0 Å². The van der Waals surface area contributed by atoms with Crippen LogP contribution in [-0.4, -0.2) is 6.54 Å². The summed E-state index contributed by atoms with van der Waals surface area (Å²) in [6, 6.07) is 15.4. The Hall–Kier alpha value is -1.16. The zero-order valence-electron chi connectivity index (χ0n) is 12.2. The van der Waals surface area contributed by atoms with E-state index >= 15 is 0 Å². The number of hydrogen-bond acceptors (Lipinski definition) is 2. The number of aryl methyl sites for hydroxylation is 1. The van der Waals surface area contributed by atoms with Crippen LogP contribution in [-0.2, 0) is 0 Å². The van der Waals surface area contributed by atoms with Crippen LogP contribution in [0.3, 0.4) is 0 Å². The Bertz CT molecular complexity index is 763. The highest BCUT2D eigenvalue weighted by Crippen LogP contribution is 2.35. The van der Waals surface area contributed by atoms with Crippen LogP contribution in [0.1, 0.15) is 29.0 Å². The predicted molar refractivity (Wildman–Crippen MR) is 96.2 cm³/mol. The van der Waals surface area contributed by atoms with Crippen molar-refractivity contribution in [1.82, 2.24) is 5.32 Å². The molecule has 0 aliphatic carbocycles. The third-order valence-corrected chi connectivity index (χ3v) is 5.56. The van der Waals surface area contributed by atoms with E-state index in [1.807, 2.05) is 11.3 Å². The molecule has 1 heterocycles. The molecule has 0 spiro atoms. The molecule has 0 aliphatic heterocycles. The van der Waals surface area contributed by atoms with E-state index in [0.29, 0.717) is 0 Å². The lowest BCUT2D eigenvalue weighted by Crippen LogP contribution is -2.22. The van der Waals surface area contributed by atoms with Crippen LogP contribution in [0.5, 0.6) is 0 Å². The van der Waals surface area contributed by atoms with Gasteiger partial charge in [-0.25, -0.2) is 0 Å². The summed E-state index contributed by atoms with van der Waals surface area (Å²) in [6.45, 7) is 5.31. The fourth-order valence-corrected chi connectivity index (χ4v) is 4.26. The number of halogens is 1. The topological polar surface area (TPSA) is 12.0 Å². The first-order valence-corrected chi connectivity index (χ1v) is 8.84. The van der Waals surface area contributed by atoms with Gasteiger partial charge in [0.15, 0.2) is 0 Å². The van der Waals surface area contributed by atoms with Crippen LogP contribution < -0.4 is 5.32 Å². The standard InChI is InChI=1S/C18H18BrNS/c1-3-20-17(18-12(2)10-11-21-18)15-8-9-16(19)14-7-5-4-6-13(14)15/h4-11,17,20H,3H2,1-2H3. The Labute approximate surface area is 138 Å². The molecular formula is C18H18BrNS. The van der Waals surface area contributed by atoms with Crippen molar-refractivity contribution in [2.24, 2.45) is 0 Å². The summed E-state index contributed by atoms with van der Waals surface area (Å²) >= 11 is 5.50. The number of thiophene rings is 1. The molecule has 0 bridgehead atoms. The molecule has 1 atom stereocenters. The lowest BCUT2D eigenvalue weighted by atomic mass is 9.96. The molecule has 0 saturated heterocycles. The van der Waals surface area contributed by atoms with Crippen LogP contribution in [0.15, 0.2) is 52.3 Å². The smallest absolute Gasteiger partial charge is 0.0679 e. The van der Waals surface area contributed by atoms with Crippen molar-refractivity contribution >= 4 is 38.0 Å². The largest absolute Gasteiger partial charge is 0.306 e. The van der Waals surface area contributed by atoms with E-state index in [4.69, 9.17) is 0 Å². The van der Waals surface area contributed by atoms with E-state index in [9.17, 15) is 0 Å². The van der Waals surface area contributed by atoms with Crippen molar-refractivity contribution in [2.45, 2.75) is 19.9 Å². The van der Waals surface area contributed by atoms with Gasteiger partial charge in [-0.3, -0.25) is 0 Å². The second-order valence-corrected chi connectivity index (χ2v) is 6.94. The van der Waals surface area contributed by atoms with E-state index < -0.39 is 0 Å². The summed E-state index contributed by atoms with van der Waals surface area (Å²) < 4.78 is 1.15.